The molecule has 6 aromatic rings. The maximum atomic E-state index is 15.7. The summed E-state index contributed by atoms with van der Waals surface area (Å²) in [4.78, 5) is 270. The number of benzene rings is 3. The molecule has 3 aromatic carbocycles. The van der Waals surface area contributed by atoms with E-state index in [1.807, 2.05) is 13.8 Å². The van der Waals surface area contributed by atoms with Crippen molar-refractivity contribution < 1.29 is 91.7 Å². The predicted octanol–water partition coefficient (Wildman–Crippen LogP) is -1.90. The minimum absolute atomic E-state index is 0.000173. The normalized spacial score (nSPS) is 24.2. The summed E-state index contributed by atoms with van der Waals surface area (Å²) in [5, 5.41) is 59.9. The van der Waals surface area contributed by atoms with Gasteiger partial charge in [0.25, 0.3) is 0 Å². The van der Waals surface area contributed by atoms with Crippen LogP contribution in [0.1, 0.15) is 147 Å². The number of phenolic OH excluding ortho intramolecular Hbond substituents is 1. The molecular weight excluding hydrogens is 1770 g/mol. The fraction of sp³-hybridized carbons (Fsp3) is 0.527. The molecule has 135 heavy (non-hydrogen) atoms. The zero-order valence-electron chi connectivity index (χ0n) is 77.2. The van der Waals surface area contributed by atoms with E-state index in [2.05, 4.69) is 78.4 Å². The van der Waals surface area contributed by atoms with Crippen LogP contribution in [0.2, 0.25) is 0 Å². The molecule has 0 bridgehead atoms. The van der Waals surface area contributed by atoms with E-state index in [0.717, 1.165) is 26.5 Å². The molecule has 0 spiro atoms. The van der Waals surface area contributed by atoms with Crippen LogP contribution in [0.15, 0.2) is 97.7 Å². The molecule has 6 heterocycles. The minimum atomic E-state index is -1.86. The minimum Gasteiger partial charge on any atom is -0.508 e. The number of aliphatic hydroxyl groups excluding tert-OH is 1. The molecule has 3 aliphatic rings. The molecular formula is C91H128N24O19S. The van der Waals surface area contributed by atoms with E-state index >= 15 is 38.4 Å². The van der Waals surface area contributed by atoms with Crippen LogP contribution in [-0.4, -0.2) is 311 Å². The van der Waals surface area contributed by atoms with Gasteiger partial charge in [-0.1, -0.05) is 102 Å². The molecule has 14 atom stereocenters. The number of primary amides is 2. The van der Waals surface area contributed by atoms with E-state index in [1.165, 1.54) is 74.7 Å². The molecule has 0 saturated carbocycles. The van der Waals surface area contributed by atoms with E-state index in [9.17, 15) is 53.4 Å². The quantitative estimate of drug-likeness (QED) is 0.0160. The number of amides is 17. The molecule has 0 unspecified atom stereocenters. The van der Waals surface area contributed by atoms with Gasteiger partial charge in [-0.3, -0.25) is 86.9 Å². The summed E-state index contributed by atoms with van der Waals surface area (Å²) in [5.74, 6) is -17.3. The van der Waals surface area contributed by atoms with Gasteiger partial charge in [0, 0.05) is 118 Å². The molecule has 3 fully saturated rings. The number of thioether (sulfide) groups is 1. The number of nitrogens with zero attached hydrogens (tertiary/aromatic N) is 6. The zero-order valence-corrected chi connectivity index (χ0v) is 78.1. The van der Waals surface area contributed by atoms with Crippen molar-refractivity contribution in [2.75, 3.05) is 65.4 Å². The van der Waals surface area contributed by atoms with Crippen molar-refractivity contribution in [3.63, 3.8) is 0 Å². The number of hydrogen-bond acceptors (Lipinski definition) is 22. The lowest BCUT2D eigenvalue weighted by molar-refractivity contribution is -0.149. The summed E-state index contributed by atoms with van der Waals surface area (Å²) < 4.78 is 0. The van der Waals surface area contributed by atoms with Crippen LogP contribution in [0.3, 0.4) is 0 Å². The number of nitrogens with one attached hydrogen (secondary N) is 15. The van der Waals surface area contributed by atoms with Crippen LogP contribution in [-0.2, 0) is 107 Å². The first-order chi connectivity index (χ1) is 64.4. The Balaban J connectivity index is 1.10. The lowest BCUT2D eigenvalue weighted by atomic mass is 10.00. The van der Waals surface area contributed by atoms with Crippen molar-refractivity contribution in [1.29, 1.82) is 5.41 Å². The first-order valence-corrected chi connectivity index (χ1v) is 46.6. The van der Waals surface area contributed by atoms with Gasteiger partial charge in [-0.05, 0) is 112 Å². The molecule has 3 aromatic heterocycles. The van der Waals surface area contributed by atoms with Crippen molar-refractivity contribution in [1.82, 2.24) is 103 Å². The molecule has 9 rings (SSSR count). The maximum absolute atomic E-state index is 15.7. The van der Waals surface area contributed by atoms with Crippen LogP contribution in [0, 0.1) is 11.3 Å². The Morgan fingerprint density at radius 1 is 0.526 bits per heavy atom. The van der Waals surface area contributed by atoms with E-state index in [4.69, 9.17) is 22.6 Å². The number of nitrogens with two attached hydrogens (primary N) is 3. The van der Waals surface area contributed by atoms with Gasteiger partial charge in [-0.15, -0.1) is 11.8 Å². The van der Waals surface area contributed by atoms with Gasteiger partial charge in [0.2, 0.25) is 100 Å². The zero-order chi connectivity index (χ0) is 98.4. The number of likely N-dealkylation sites (N-methyl/N-ethyl adjacent to an activating group) is 3. The van der Waals surface area contributed by atoms with Crippen molar-refractivity contribution in [3.8, 4) is 5.75 Å². The number of aliphatic hydroxyl groups is 1. The van der Waals surface area contributed by atoms with Crippen LogP contribution in [0.5, 0.6) is 5.75 Å². The van der Waals surface area contributed by atoms with Gasteiger partial charge < -0.3 is 125 Å². The highest BCUT2D eigenvalue weighted by Gasteiger charge is 2.46. The Bertz CT molecular complexity index is 5200. The number of guanidine groups is 1. The molecule has 0 radical (unpaired) electrons. The first kappa shape index (κ1) is 105. The number of phenols is 1. The summed E-state index contributed by atoms with van der Waals surface area (Å²) in [6.07, 6.45) is 6.10. The third-order valence-corrected chi connectivity index (χ3v) is 25.3. The second-order valence-electron chi connectivity index (χ2n) is 34.8. The van der Waals surface area contributed by atoms with Crippen molar-refractivity contribution in [3.05, 3.63) is 120 Å². The first-order valence-electron chi connectivity index (χ1n) is 45.5. The fourth-order valence-electron chi connectivity index (χ4n) is 16.8. The highest BCUT2D eigenvalue weighted by Crippen LogP contribution is 2.28. The number of unbranched alkanes of at least 4 members (excludes halogenated alkanes) is 2. The maximum Gasteiger partial charge on any atom is 0.246 e. The monoisotopic (exact) mass is 1890 g/mol. The second kappa shape index (κ2) is 50.4. The standard InChI is InChI=1S/C91H128N24O19S/c1-9-11-25-70-83(127)103-61(24-17-33-97-91(94)95)79(123)110-69(78(122)100-45-75(93)119)47-135-48-76(120)102-65(37-52-29-31-56(117)32-30-52)86(130)111(6)51(5)77(121)106-67(40-55-44-96-49-101-55)89(133)115-35-19-28-72(115)85(129)105-63(41-74(92)118)81(125)107-64(36-50(3)4)88(132)114-34-18-27-71(114)84(128)104-62(38-53-42-98-59-22-15-13-20-57(53)59)80(124)109-68(46-116)82(126)108-66(39-54-43-99-60-23-16-14-21-58(54)60)87(131)113(8)73(26-12-10-2)90(134)112(70)7/h13-16,20-23,29-32,42-44,49-51,61-73,98-99,116-117H,9-12,17-19,24-28,33-41,45-48H2,1-8H3,(H2,92,118)(H2,93,119)(H,96,101)(H,100,122)(H,102,120)(H,103,127)(H,104,128)(H,105,129)(H,106,121)(H,107,125)(H,108,126)(H,109,124)(H,110,123)(H4,94,95,97)/t51-,61-,62-,63-,64-,65-,66-,67+,68-,69-,70-,71-,72-,73-/m0/s1. The summed E-state index contributed by atoms with van der Waals surface area (Å²) >= 11 is 0.780. The summed E-state index contributed by atoms with van der Waals surface area (Å²) in [5.41, 5.74) is 20.0. The third kappa shape index (κ3) is 29.4. The van der Waals surface area contributed by atoms with Crippen molar-refractivity contribution >= 4 is 140 Å². The van der Waals surface area contributed by atoms with Gasteiger partial charge in [-0.2, -0.15) is 0 Å². The number of hydrogen-bond donors (Lipinski definition) is 20. The van der Waals surface area contributed by atoms with Crippen LogP contribution in [0.4, 0.5) is 0 Å². The summed E-state index contributed by atoms with van der Waals surface area (Å²) in [7, 11) is 3.98. The lowest BCUT2D eigenvalue weighted by Gasteiger charge is -2.36. The summed E-state index contributed by atoms with van der Waals surface area (Å²) in [6.45, 7) is 6.65. The number of H-pyrrole nitrogens is 3. The van der Waals surface area contributed by atoms with E-state index in [0.29, 0.717) is 69.9 Å². The molecule has 0 aliphatic carbocycles. The number of imidazole rings is 1. The van der Waals surface area contributed by atoms with E-state index < -0.39 is 222 Å². The number of carbonyl (C=O) groups excluding carboxylic acids is 17. The number of carbonyl (C=O) groups is 17. The Labute approximate surface area is 785 Å². The second-order valence-corrected chi connectivity index (χ2v) is 35.8. The average Bonchev–Trinajstić information content (AvgIpc) is 1.72. The SMILES string of the molecule is CCCC[C@H]1C(=O)N(C)[C@@H](CCCC)C(=O)N[C@@H](CCCNC(=N)N)C(=O)N[C@H](C(=O)NCC(N)=O)CSCC(=O)N[C@@H](Cc2ccc(O)cc2)C(=O)N(C)[C@@H](C)C(=O)N[C@H](Cc2cnc[nH]2)C(=O)N2CCC[C@H]2C(=O)N[C@@H](CC(N)=O)C(=O)N[C@@H](CC(C)C)C(=O)N2CCC[C@H]2C(=O)N[C@@H](Cc2c[nH]c3ccccc23)C(=O)N[C@@H](CO)C(=O)N[C@@H](Cc2c[nH]c3ccccc23)C(=O)N1C. The molecule has 23 N–H and O–H groups in total. The number of para-hydroxylation sites is 2. The van der Waals surface area contributed by atoms with Gasteiger partial charge in [-0.25, -0.2) is 4.98 Å². The Hall–Kier alpha value is -13.7. The van der Waals surface area contributed by atoms with Crippen LogP contribution >= 0.6 is 11.8 Å². The Morgan fingerprint density at radius 2 is 1.03 bits per heavy atom. The van der Waals surface area contributed by atoms with Gasteiger partial charge in [0.05, 0.1) is 31.7 Å². The smallest absolute Gasteiger partial charge is 0.246 e. The Morgan fingerprint density at radius 3 is 1.60 bits per heavy atom. The van der Waals surface area contributed by atoms with Gasteiger partial charge >= 0.3 is 0 Å². The topological polar surface area (TPSA) is 641 Å². The van der Waals surface area contributed by atoms with Gasteiger partial charge in [0.1, 0.15) is 90.3 Å². The molecule has 3 saturated heterocycles. The highest BCUT2D eigenvalue weighted by atomic mass is 32.2. The number of aromatic nitrogens is 4. The molecule has 44 heteroatoms. The molecule has 43 nitrogen and oxygen atoms in total. The third-order valence-electron chi connectivity index (χ3n) is 24.3. The van der Waals surface area contributed by atoms with Crippen molar-refractivity contribution in [2.24, 2.45) is 23.1 Å². The highest BCUT2D eigenvalue weighted by molar-refractivity contribution is 8.00. The van der Waals surface area contributed by atoms with Crippen LogP contribution in [0.25, 0.3) is 21.8 Å². The molecule has 17 amide bonds. The lowest BCUT2D eigenvalue weighted by Crippen LogP contribution is -2.62. The molecule has 732 valence electrons. The number of rotatable bonds is 26. The number of aromatic amines is 3. The van der Waals surface area contributed by atoms with E-state index in [-0.39, 0.29) is 115 Å². The molecule has 3 aliphatic heterocycles. The van der Waals surface area contributed by atoms with Crippen molar-refractivity contribution in [2.45, 2.75) is 235 Å². The van der Waals surface area contributed by atoms with Crippen LogP contribution < -0.4 is 75.7 Å². The predicted molar refractivity (Wildman–Crippen MR) is 498 cm³/mol. The Kier molecular flexibility index (Phi) is 39.2. The average molecular weight is 1890 g/mol. The number of fused-ring (bicyclic) bond motifs is 4. The fourth-order valence-corrected chi connectivity index (χ4v) is 17.6. The van der Waals surface area contributed by atoms with Gasteiger partial charge in [0.15, 0.2) is 5.96 Å². The van der Waals surface area contributed by atoms with E-state index in [1.54, 1.807) is 74.8 Å². The summed E-state index contributed by atoms with van der Waals surface area (Å²) in [6, 6.07) is -1.37. The number of aromatic hydroxyl groups is 1. The largest absolute Gasteiger partial charge is 0.508 e.